The number of benzene rings is 2. The average molecular weight is 375 g/mol. The van der Waals surface area contributed by atoms with Gasteiger partial charge in [-0.2, -0.15) is 0 Å². The summed E-state index contributed by atoms with van der Waals surface area (Å²) in [7, 11) is 0. The van der Waals surface area contributed by atoms with E-state index < -0.39 is 11.9 Å². The number of nitrogens with zero attached hydrogens (tertiary/aromatic N) is 3. The van der Waals surface area contributed by atoms with Gasteiger partial charge in [-0.15, -0.1) is 0 Å². The summed E-state index contributed by atoms with van der Waals surface area (Å²) in [6.07, 6.45) is 0.00188. The summed E-state index contributed by atoms with van der Waals surface area (Å²) < 4.78 is 5.25. The van der Waals surface area contributed by atoms with Crippen molar-refractivity contribution in [1.29, 1.82) is 0 Å². The fourth-order valence-electron chi connectivity index (χ4n) is 1.97. The Balaban J connectivity index is 2.09. The van der Waals surface area contributed by atoms with E-state index in [-0.39, 0.29) is 23.2 Å². The van der Waals surface area contributed by atoms with Crippen LogP contribution in [0.4, 0.5) is 5.69 Å². The predicted octanol–water partition coefficient (Wildman–Crippen LogP) is 1.86. The van der Waals surface area contributed by atoms with Gasteiger partial charge in [0.2, 0.25) is 11.9 Å². The Kier molecular flexibility index (Phi) is 6.23. The molecule has 0 aliphatic heterocycles. The van der Waals surface area contributed by atoms with E-state index in [9.17, 15) is 9.59 Å². The zero-order valence-corrected chi connectivity index (χ0v) is 14.2. The number of hydrogen-bond acceptors (Lipinski definition) is 5. The van der Waals surface area contributed by atoms with Gasteiger partial charge in [-0.3, -0.25) is 4.79 Å². The molecule has 0 unspecified atom stereocenters. The number of ether oxygens (including phenoxy) is 1. The lowest BCUT2D eigenvalue weighted by molar-refractivity contribution is -0.117. The molecule has 0 aliphatic carbocycles. The molecular weight excluding hydrogens is 360 g/mol. The largest absolute Gasteiger partial charge is 0.423 e. The van der Waals surface area contributed by atoms with Crippen LogP contribution in [-0.4, -0.2) is 17.8 Å². The molecule has 0 aromatic heterocycles. The van der Waals surface area contributed by atoms with Crippen LogP contribution in [0, 0.1) is 0 Å². The Hall–Kier alpha value is -3.46. The van der Waals surface area contributed by atoms with Gasteiger partial charge in [0.25, 0.3) is 0 Å². The third kappa shape index (κ3) is 5.28. The van der Waals surface area contributed by atoms with Crippen molar-refractivity contribution in [2.45, 2.75) is 6.42 Å². The van der Waals surface area contributed by atoms with Crippen LogP contribution in [0.2, 0.25) is 5.02 Å². The second-order valence-electron chi connectivity index (χ2n) is 5.02. The first kappa shape index (κ1) is 18.9. The number of rotatable bonds is 5. The zero-order chi connectivity index (χ0) is 19.1. The van der Waals surface area contributed by atoms with Crippen molar-refractivity contribution in [3.05, 3.63) is 58.6 Å². The highest BCUT2D eigenvalue weighted by Crippen LogP contribution is 2.24. The number of aliphatic imine (C=N–C) groups is 1. The van der Waals surface area contributed by atoms with Crippen molar-refractivity contribution in [1.82, 2.24) is 0 Å². The molecular formula is C16H15ClN6O3. The Morgan fingerprint density at radius 3 is 2.35 bits per heavy atom. The molecule has 0 spiro atoms. The normalized spacial score (nSPS) is 11.5. The predicted molar refractivity (Wildman–Crippen MR) is 96.1 cm³/mol. The highest BCUT2D eigenvalue weighted by atomic mass is 35.5. The topological polar surface area (TPSA) is 159 Å². The summed E-state index contributed by atoms with van der Waals surface area (Å²) in [4.78, 5) is 27.0. The molecule has 0 fully saturated rings. The summed E-state index contributed by atoms with van der Waals surface area (Å²) in [6, 6.07) is 10.7. The number of amides is 1. The van der Waals surface area contributed by atoms with Crippen molar-refractivity contribution < 1.29 is 14.3 Å². The first-order valence-corrected chi connectivity index (χ1v) is 7.61. The van der Waals surface area contributed by atoms with E-state index in [0.717, 1.165) is 0 Å². The van der Waals surface area contributed by atoms with E-state index in [0.29, 0.717) is 16.8 Å². The molecule has 1 amide bonds. The minimum atomic E-state index is -0.589. The number of primary amides is 1. The lowest BCUT2D eigenvalue weighted by Crippen LogP contribution is -2.14. The van der Waals surface area contributed by atoms with Gasteiger partial charge in [0.15, 0.2) is 0 Å². The Morgan fingerprint density at radius 2 is 1.77 bits per heavy atom. The summed E-state index contributed by atoms with van der Waals surface area (Å²) in [5.74, 6) is 3.89. The van der Waals surface area contributed by atoms with Crippen molar-refractivity contribution >= 4 is 35.1 Å². The first-order valence-electron chi connectivity index (χ1n) is 7.23. The molecule has 134 valence electrons. The summed E-state index contributed by atoms with van der Waals surface area (Å²) >= 11 is 6.05. The zero-order valence-electron chi connectivity index (χ0n) is 13.4. The van der Waals surface area contributed by atoms with Crippen LogP contribution in [0.15, 0.2) is 57.8 Å². The number of nitrogens with two attached hydrogens (primary N) is 3. The SMILES string of the molecule is NN=NC(N)=Nc1ccc(C(=O)Oc2ccc(CC(N)=O)c(Cl)c2)cc1. The molecule has 2 aromatic rings. The molecule has 0 radical (unpaired) electrons. The van der Waals surface area contributed by atoms with Crippen LogP contribution in [0.1, 0.15) is 15.9 Å². The maximum atomic E-state index is 12.2. The fraction of sp³-hybridized carbons (Fsp3) is 0.0625. The minimum absolute atomic E-state index is 0.00188. The van der Waals surface area contributed by atoms with Gasteiger partial charge in [0.1, 0.15) is 5.75 Å². The molecule has 2 aromatic carbocycles. The van der Waals surface area contributed by atoms with Crippen LogP contribution < -0.4 is 22.0 Å². The van der Waals surface area contributed by atoms with E-state index in [4.69, 9.17) is 33.6 Å². The molecule has 10 heteroatoms. The van der Waals surface area contributed by atoms with Gasteiger partial charge < -0.3 is 22.0 Å². The van der Waals surface area contributed by atoms with Crippen molar-refractivity contribution in [3.63, 3.8) is 0 Å². The van der Waals surface area contributed by atoms with E-state index >= 15 is 0 Å². The lowest BCUT2D eigenvalue weighted by Gasteiger charge is -2.07. The second kappa shape index (κ2) is 8.58. The molecule has 2 rings (SSSR count). The second-order valence-corrected chi connectivity index (χ2v) is 5.43. The van der Waals surface area contributed by atoms with Gasteiger partial charge in [0.05, 0.1) is 17.7 Å². The van der Waals surface area contributed by atoms with E-state index in [1.54, 1.807) is 18.2 Å². The lowest BCUT2D eigenvalue weighted by atomic mass is 10.1. The minimum Gasteiger partial charge on any atom is -0.423 e. The van der Waals surface area contributed by atoms with Crippen LogP contribution in [0.25, 0.3) is 0 Å². The van der Waals surface area contributed by atoms with Crippen LogP contribution >= 0.6 is 11.6 Å². The number of carbonyl (C=O) groups excluding carboxylic acids is 2. The molecule has 0 saturated heterocycles. The number of carbonyl (C=O) groups is 2. The standard InChI is InChI=1S/C16H15ClN6O3/c17-13-8-12(6-3-10(13)7-14(18)24)26-15(25)9-1-4-11(5-2-9)21-16(19)22-23-20/h1-6,8H,7H2,(H2,18,24)(H4,19,20,21,22). The summed E-state index contributed by atoms with van der Waals surface area (Å²) in [5, 5.41) is 6.66. The number of hydrogen-bond donors (Lipinski definition) is 3. The smallest absolute Gasteiger partial charge is 0.343 e. The molecule has 0 heterocycles. The molecule has 0 aliphatic rings. The highest BCUT2D eigenvalue weighted by Gasteiger charge is 2.11. The van der Waals surface area contributed by atoms with Crippen molar-refractivity contribution in [3.8, 4) is 5.75 Å². The Bertz CT molecular complexity index is 880. The summed E-state index contributed by atoms with van der Waals surface area (Å²) in [6.45, 7) is 0. The third-order valence-electron chi connectivity index (χ3n) is 3.11. The summed E-state index contributed by atoms with van der Waals surface area (Å²) in [5.41, 5.74) is 11.9. The van der Waals surface area contributed by atoms with E-state index in [1.807, 2.05) is 0 Å². The van der Waals surface area contributed by atoms with Gasteiger partial charge >= 0.3 is 5.97 Å². The molecule has 9 nitrogen and oxygen atoms in total. The Labute approximate surface area is 153 Å². The molecule has 26 heavy (non-hydrogen) atoms. The highest BCUT2D eigenvalue weighted by molar-refractivity contribution is 6.31. The maximum absolute atomic E-state index is 12.2. The number of guanidine groups is 1. The molecule has 0 bridgehead atoms. The maximum Gasteiger partial charge on any atom is 0.343 e. The van der Waals surface area contributed by atoms with Crippen molar-refractivity contribution in [2.75, 3.05) is 0 Å². The van der Waals surface area contributed by atoms with Crippen LogP contribution in [0.3, 0.4) is 0 Å². The van der Waals surface area contributed by atoms with Crippen LogP contribution in [0.5, 0.6) is 5.75 Å². The van der Waals surface area contributed by atoms with Gasteiger partial charge in [0, 0.05) is 5.02 Å². The molecule has 6 N–H and O–H groups in total. The van der Waals surface area contributed by atoms with E-state index in [2.05, 4.69) is 15.3 Å². The van der Waals surface area contributed by atoms with Gasteiger partial charge in [-0.25, -0.2) is 9.79 Å². The average Bonchev–Trinajstić information content (AvgIpc) is 2.58. The fourth-order valence-corrected chi connectivity index (χ4v) is 2.21. The van der Waals surface area contributed by atoms with Gasteiger partial charge in [-0.1, -0.05) is 28.0 Å². The number of halogens is 1. The quantitative estimate of drug-likeness (QED) is 0.138. The van der Waals surface area contributed by atoms with Crippen molar-refractivity contribution in [2.24, 2.45) is 32.6 Å². The number of esters is 1. The monoisotopic (exact) mass is 374 g/mol. The Morgan fingerprint density at radius 1 is 1.08 bits per heavy atom. The first-order chi connectivity index (χ1) is 12.4. The molecule has 0 saturated carbocycles. The molecule has 0 atom stereocenters. The van der Waals surface area contributed by atoms with Gasteiger partial charge in [-0.05, 0) is 42.0 Å². The van der Waals surface area contributed by atoms with Crippen LogP contribution in [-0.2, 0) is 11.2 Å². The third-order valence-corrected chi connectivity index (χ3v) is 3.46. The van der Waals surface area contributed by atoms with E-state index in [1.165, 1.54) is 24.3 Å².